The summed E-state index contributed by atoms with van der Waals surface area (Å²) >= 11 is 1.73. The molecule has 0 saturated carbocycles. The van der Waals surface area contributed by atoms with Crippen molar-refractivity contribution in [3.8, 4) is 0 Å². The number of thioether (sulfide) groups is 1. The van der Waals surface area contributed by atoms with Crippen LogP contribution in [0.15, 0.2) is 0 Å². The third-order valence-corrected chi connectivity index (χ3v) is 2.50. The first kappa shape index (κ1) is 14.1. The molecular weight excluding hydrogens is 216 g/mol. The maximum absolute atomic E-state index is 11.1. The Morgan fingerprint density at radius 2 is 2.07 bits per heavy atom. The first-order chi connectivity index (χ1) is 7.07. The van der Waals surface area contributed by atoms with E-state index in [4.69, 9.17) is 5.11 Å². The standard InChI is InChI=1S/C9H18N2O3S/c1-7(8(12)13)6-11-9(14)10-4-3-5-15-2/h7H,3-6H2,1-2H3,(H,12,13)(H2,10,11,14). The Morgan fingerprint density at radius 1 is 1.40 bits per heavy atom. The van der Waals surface area contributed by atoms with Crippen LogP contribution in [0.3, 0.4) is 0 Å². The smallest absolute Gasteiger partial charge is 0.314 e. The quantitative estimate of drug-likeness (QED) is 0.568. The molecule has 6 heteroatoms. The summed E-state index contributed by atoms with van der Waals surface area (Å²) in [4.78, 5) is 21.5. The molecule has 0 aromatic heterocycles. The molecule has 0 aliphatic heterocycles. The number of carbonyl (C=O) groups excluding carboxylic acids is 1. The summed E-state index contributed by atoms with van der Waals surface area (Å²) in [5.41, 5.74) is 0. The molecule has 0 aliphatic carbocycles. The molecular formula is C9H18N2O3S. The van der Waals surface area contributed by atoms with Crippen LogP contribution < -0.4 is 10.6 Å². The second-order valence-electron chi connectivity index (χ2n) is 3.22. The number of nitrogens with one attached hydrogen (secondary N) is 2. The number of rotatable bonds is 7. The highest BCUT2D eigenvalue weighted by Gasteiger charge is 2.11. The second-order valence-corrected chi connectivity index (χ2v) is 4.21. The summed E-state index contributed by atoms with van der Waals surface area (Å²) in [5, 5.41) is 13.7. The average molecular weight is 234 g/mol. The van der Waals surface area contributed by atoms with E-state index in [1.807, 2.05) is 6.26 Å². The second kappa shape index (κ2) is 8.40. The summed E-state index contributed by atoms with van der Waals surface area (Å²) in [6.45, 7) is 2.33. The highest BCUT2D eigenvalue weighted by atomic mass is 32.2. The Bertz CT molecular complexity index is 212. The zero-order valence-electron chi connectivity index (χ0n) is 9.08. The van der Waals surface area contributed by atoms with E-state index in [-0.39, 0.29) is 12.6 Å². The van der Waals surface area contributed by atoms with Gasteiger partial charge in [0.1, 0.15) is 0 Å². The summed E-state index contributed by atoms with van der Waals surface area (Å²) in [6.07, 6.45) is 2.93. The van der Waals surface area contributed by atoms with Crippen molar-refractivity contribution in [3.63, 3.8) is 0 Å². The molecule has 0 spiro atoms. The Balaban J connectivity index is 3.45. The fraction of sp³-hybridized carbons (Fsp3) is 0.778. The molecule has 5 nitrogen and oxygen atoms in total. The van der Waals surface area contributed by atoms with Gasteiger partial charge in [0, 0.05) is 13.1 Å². The van der Waals surface area contributed by atoms with Crippen LogP contribution in [-0.2, 0) is 4.79 Å². The summed E-state index contributed by atoms with van der Waals surface area (Å²) in [7, 11) is 0. The zero-order valence-corrected chi connectivity index (χ0v) is 9.89. The third-order valence-electron chi connectivity index (χ3n) is 1.80. The largest absolute Gasteiger partial charge is 0.481 e. The van der Waals surface area contributed by atoms with Gasteiger partial charge < -0.3 is 15.7 Å². The van der Waals surface area contributed by atoms with Crippen LogP contribution in [0.5, 0.6) is 0 Å². The minimum atomic E-state index is -0.905. The number of hydrogen-bond acceptors (Lipinski definition) is 3. The molecule has 3 N–H and O–H groups in total. The Kier molecular flexibility index (Phi) is 7.89. The van der Waals surface area contributed by atoms with E-state index in [0.717, 1.165) is 12.2 Å². The van der Waals surface area contributed by atoms with Crippen LogP contribution >= 0.6 is 11.8 Å². The van der Waals surface area contributed by atoms with Crippen molar-refractivity contribution in [2.75, 3.05) is 25.1 Å². The van der Waals surface area contributed by atoms with Crippen molar-refractivity contribution in [1.29, 1.82) is 0 Å². The van der Waals surface area contributed by atoms with Crippen LogP contribution in [0.1, 0.15) is 13.3 Å². The number of carboxylic acids is 1. The van der Waals surface area contributed by atoms with Gasteiger partial charge in [-0.25, -0.2) is 4.79 Å². The van der Waals surface area contributed by atoms with Gasteiger partial charge in [-0.15, -0.1) is 0 Å². The SMILES string of the molecule is CSCCCNC(=O)NCC(C)C(=O)O. The molecule has 0 rings (SSSR count). The Hall–Kier alpha value is -0.910. The van der Waals surface area contributed by atoms with Gasteiger partial charge in [0.2, 0.25) is 0 Å². The first-order valence-corrected chi connectivity index (χ1v) is 6.20. The van der Waals surface area contributed by atoms with E-state index in [2.05, 4.69) is 10.6 Å². The molecule has 1 atom stereocenters. The maximum atomic E-state index is 11.1. The van der Waals surface area contributed by atoms with Gasteiger partial charge in [0.25, 0.3) is 0 Å². The zero-order chi connectivity index (χ0) is 11.7. The van der Waals surface area contributed by atoms with Gasteiger partial charge in [-0.3, -0.25) is 4.79 Å². The van der Waals surface area contributed by atoms with Gasteiger partial charge in [0.15, 0.2) is 0 Å². The summed E-state index contributed by atoms with van der Waals surface area (Å²) < 4.78 is 0. The number of hydrogen-bond donors (Lipinski definition) is 3. The van der Waals surface area contributed by atoms with E-state index in [1.165, 1.54) is 0 Å². The van der Waals surface area contributed by atoms with Crippen molar-refractivity contribution in [3.05, 3.63) is 0 Å². The number of carbonyl (C=O) groups is 2. The molecule has 0 saturated heterocycles. The molecule has 0 heterocycles. The summed E-state index contributed by atoms with van der Waals surface area (Å²) in [6, 6.07) is -0.302. The highest BCUT2D eigenvalue weighted by Crippen LogP contribution is 1.93. The van der Waals surface area contributed by atoms with E-state index in [1.54, 1.807) is 18.7 Å². The predicted molar refractivity (Wildman–Crippen MR) is 61.2 cm³/mol. The maximum Gasteiger partial charge on any atom is 0.314 e. The van der Waals surface area contributed by atoms with Gasteiger partial charge in [0.05, 0.1) is 5.92 Å². The van der Waals surface area contributed by atoms with E-state index in [9.17, 15) is 9.59 Å². The van der Waals surface area contributed by atoms with Crippen LogP contribution in [0.25, 0.3) is 0 Å². The minimum Gasteiger partial charge on any atom is -0.481 e. The van der Waals surface area contributed by atoms with Crippen molar-refractivity contribution in [1.82, 2.24) is 10.6 Å². The number of carboxylic acid groups (broad SMARTS) is 1. The molecule has 0 fully saturated rings. The van der Waals surface area contributed by atoms with Crippen LogP contribution in [0, 0.1) is 5.92 Å². The molecule has 1 unspecified atom stereocenters. The molecule has 0 radical (unpaired) electrons. The molecule has 0 bridgehead atoms. The van der Waals surface area contributed by atoms with Crippen molar-refractivity contribution in [2.45, 2.75) is 13.3 Å². The normalized spacial score (nSPS) is 11.9. The van der Waals surface area contributed by atoms with E-state index >= 15 is 0 Å². The minimum absolute atomic E-state index is 0.156. The van der Waals surface area contributed by atoms with Crippen molar-refractivity contribution < 1.29 is 14.7 Å². The fourth-order valence-electron chi connectivity index (χ4n) is 0.814. The highest BCUT2D eigenvalue weighted by molar-refractivity contribution is 7.98. The molecule has 88 valence electrons. The Morgan fingerprint density at radius 3 is 2.60 bits per heavy atom. The molecule has 0 aliphatic rings. The lowest BCUT2D eigenvalue weighted by molar-refractivity contribution is -0.140. The molecule has 15 heavy (non-hydrogen) atoms. The first-order valence-electron chi connectivity index (χ1n) is 4.81. The van der Waals surface area contributed by atoms with Gasteiger partial charge in [-0.05, 0) is 18.4 Å². The number of amides is 2. The van der Waals surface area contributed by atoms with Crippen LogP contribution in [0.2, 0.25) is 0 Å². The Labute approximate surface area is 94.0 Å². The molecule has 2 amide bonds. The van der Waals surface area contributed by atoms with E-state index < -0.39 is 11.9 Å². The van der Waals surface area contributed by atoms with Gasteiger partial charge in [-0.1, -0.05) is 6.92 Å². The van der Waals surface area contributed by atoms with Crippen molar-refractivity contribution >= 4 is 23.8 Å². The topological polar surface area (TPSA) is 78.4 Å². The molecule has 0 aromatic carbocycles. The summed E-state index contributed by atoms with van der Waals surface area (Å²) in [5.74, 6) is -0.453. The molecule has 0 aromatic rings. The lowest BCUT2D eigenvalue weighted by Crippen LogP contribution is -2.39. The third kappa shape index (κ3) is 8.11. The predicted octanol–water partition coefficient (Wildman–Crippen LogP) is 0.759. The average Bonchev–Trinajstić information content (AvgIpc) is 2.20. The lowest BCUT2D eigenvalue weighted by Gasteiger charge is -2.09. The van der Waals surface area contributed by atoms with Gasteiger partial charge >= 0.3 is 12.0 Å². The van der Waals surface area contributed by atoms with Gasteiger partial charge in [-0.2, -0.15) is 11.8 Å². The number of urea groups is 1. The van der Waals surface area contributed by atoms with E-state index in [0.29, 0.717) is 6.54 Å². The fourth-order valence-corrected chi connectivity index (χ4v) is 1.25. The van der Waals surface area contributed by atoms with Crippen molar-refractivity contribution in [2.24, 2.45) is 5.92 Å². The number of aliphatic carboxylic acids is 1. The van der Waals surface area contributed by atoms with Crippen LogP contribution in [-0.4, -0.2) is 42.2 Å². The monoisotopic (exact) mass is 234 g/mol. The van der Waals surface area contributed by atoms with Crippen LogP contribution in [0.4, 0.5) is 4.79 Å². The lowest BCUT2D eigenvalue weighted by atomic mass is 10.2.